The second-order valence-corrected chi connectivity index (χ2v) is 13.3. The number of hydrogen-bond donors (Lipinski definition) is 1. The molecule has 0 radical (unpaired) electrons. The second kappa shape index (κ2) is 6.44. The summed E-state index contributed by atoms with van der Waals surface area (Å²) in [5, 5.41) is 13.3. The van der Waals surface area contributed by atoms with Crippen LogP contribution in [0.15, 0.2) is 23.1 Å². The predicted octanol–water partition coefficient (Wildman–Crippen LogP) is 2.90. The summed E-state index contributed by atoms with van der Waals surface area (Å²) in [4.78, 5) is 18.0. The van der Waals surface area contributed by atoms with Crippen molar-refractivity contribution in [2.45, 2.75) is 38.4 Å². The number of aromatic amines is 1. The van der Waals surface area contributed by atoms with Crippen molar-refractivity contribution in [2.24, 2.45) is 0 Å². The van der Waals surface area contributed by atoms with Gasteiger partial charge in [-0.1, -0.05) is 24.8 Å². The van der Waals surface area contributed by atoms with Gasteiger partial charge in [0, 0.05) is 18.2 Å². The van der Waals surface area contributed by atoms with E-state index in [1.807, 2.05) is 6.07 Å². The summed E-state index contributed by atoms with van der Waals surface area (Å²) >= 11 is 0. The van der Waals surface area contributed by atoms with Crippen molar-refractivity contribution in [1.82, 2.24) is 35.3 Å². The minimum absolute atomic E-state index is 0.411. The third-order valence-electron chi connectivity index (χ3n) is 5.03. The quantitative estimate of drug-likeness (QED) is 0.502. The summed E-state index contributed by atoms with van der Waals surface area (Å²) in [6.45, 7) is 6.63. The zero-order valence-corrected chi connectivity index (χ0v) is 17.7. The van der Waals surface area contributed by atoms with E-state index >= 15 is 0 Å². The van der Waals surface area contributed by atoms with Crippen molar-refractivity contribution in [3.05, 3.63) is 24.3 Å². The van der Waals surface area contributed by atoms with Crippen molar-refractivity contribution in [3.63, 3.8) is 0 Å². The lowest BCUT2D eigenvalue weighted by atomic mass is 10.1. The zero-order valence-electron chi connectivity index (χ0n) is 16.7. The molecule has 0 spiro atoms. The number of H-pyrrole nitrogens is 1. The Morgan fingerprint density at radius 1 is 1.17 bits per heavy atom. The van der Waals surface area contributed by atoms with E-state index in [1.54, 1.807) is 13.3 Å². The summed E-state index contributed by atoms with van der Waals surface area (Å²) in [5.41, 5.74) is 3.67. The van der Waals surface area contributed by atoms with Gasteiger partial charge in [0.1, 0.15) is 36.7 Å². The summed E-state index contributed by atoms with van der Waals surface area (Å²) in [6, 6.07) is 1.97. The van der Waals surface area contributed by atoms with Gasteiger partial charge in [-0.2, -0.15) is 5.10 Å². The van der Waals surface area contributed by atoms with Crippen LogP contribution in [0.5, 0.6) is 5.88 Å². The van der Waals surface area contributed by atoms with E-state index in [9.17, 15) is 0 Å². The molecule has 1 aliphatic rings. The average molecular weight is 408 g/mol. The number of ether oxygens (including phenoxy) is 1. The molecule has 0 aromatic carbocycles. The standard InChI is InChI=1S/C19H21N7O2Si/c1-27-19-14(15(10-5-6-10)21-9-22-19)18-20-8-11-16(24-25-17(11)23-18)12-7-13(28-26-12)29(2,3)4/h7-10H,5-6H2,1-4H3,(H,20,23,24,25). The molecule has 29 heavy (non-hydrogen) atoms. The molecule has 0 unspecified atom stereocenters. The first-order chi connectivity index (χ1) is 14.0. The minimum atomic E-state index is -1.59. The van der Waals surface area contributed by atoms with E-state index in [4.69, 9.17) is 9.26 Å². The highest BCUT2D eigenvalue weighted by molar-refractivity contribution is 6.87. The fourth-order valence-electron chi connectivity index (χ4n) is 3.28. The summed E-state index contributed by atoms with van der Waals surface area (Å²) in [5.74, 6) is 1.42. The van der Waals surface area contributed by atoms with E-state index in [-0.39, 0.29) is 0 Å². The van der Waals surface area contributed by atoms with E-state index < -0.39 is 8.07 Å². The Bertz CT molecular complexity index is 1210. The Labute approximate surface area is 168 Å². The highest BCUT2D eigenvalue weighted by atomic mass is 28.3. The van der Waals surface area contributed by atoms with Crippen LogP contribution in [0.25, 0.3) is 33.8 Å². The molecule has 0 saturated heterocycles. The van der Waals surface area contributed by atoms with Crippen molar-refractivity contribution in [2.75, 3.05) is 7.11 Å². The van der Waals surface area contributed by atoms with E-state index in [0.717, 1.165) is 34.9 Å². The fourth-order valence-corrected chi connectivity index (χ4v) is 4.17. The third kappa shape index (κ3) is 3.09. The maximum Gasteiger partial charge on any atom is 0.227 e. The van der Waals surface area contributed by atoms with Gasteiger partial charge in [-0.05, 0) is 12.8 Å². The Balaban J connectivity index is 1.60. The number of aromatic nitrogens is 7. The highest BCUT2D eigenvalue weighted by Crippen LogP contribution is 2.44. The van der Waals surface area contributed by atoms with E-state index in [1.165, 1.54) is 6.33 Å². The van der Waals surface area contributed by atoms with Gasteiger partial charge in [-0.25, -0.2) is 19.9 Å². The lowest BCUT2D eigenvalue weighted by Crippen LogP contribution is -2.36. The summed E-state index contributed by atoms with van der Waals surface area (Å²) in [6.07, 6.45) is 5.50. The van der Waals surface area contributed by atoms with Crippen molar-refractivity contribution in [1.29, 1.82) is 0 Å². The first kappa shape index (κ1) is 17.9. The van der Waals surface area contributed by atoms with E-state index in [0.29, 0.717) is 34.7 Å². The molecule has 1 saturated carbocycles. The number of methoxy groups -OCH3 is 1. The SMILES string of the molecule is COc1ncnc(C2CC2)c1-c1ncc2c(-c3cc([Si](C)(C)C)on3)n[nH]c2n1. The Kier molecular flexibility index (Phi) is 3.98. The topological polar surface area (TPSA) is 116 Å². The lowest BCUT2D eigenvalue weighted by Gasteiger charge is -2.10. The van der Waals surface area contributed by atoms with Crippen LogP contribution in [-0.4, -0.2) is 50.5 Å². The van der Waals surface area contributed by atoms with Crippen LogP contribution >= 0.6 is 0 Å². The maximum absolute atomic E-state index is 5.56. The van der Waals surface area contributed by atoms with Crippen LogP contribution in [0.2, 0.25) is 19.6 Å². The van der Waals surface area contributed by atoms with Crippen LogP contribution in [0.3, 0.4) is 0 Å². The number of nitrogens with zero attached hydrogens (tertiary/aromatic N) is 6. The first-order valence-corrected chi connectivity index (χ1v) is 13.0. The number of hydrogen-bond acceptors (Lipinski definition) is 8. The summed E-state index contributed by atoms with van der Waals surface area (Å²) in [7, 11) is -0.000178. The fraction of sp³-hybridized carbons (Fsp3) is 0.368. The van der Waals surface area contributed by atoms with Crippen LogP contribution in [0.4, 0.5) is 0 Å². The van der Waals surface area contributed by atoms with Gasteiger partial charge >= 0.3 is 0 Å². The van der Waals surface area contributed by atoms with Gasteiger partial charge in [-0.15, -0.1) is 0 Å². The predicted molar refractivity (Wildman–Crippen MR) is 110 cm³/mol. The molecule has 0 bridgehead atoms. The van der Waals surface area contributed by atoms with Gasteiger partial charge < -0.3 is 9.26 Å². The molecule has 5 rings (SSSR count). The van der Waals surface area contributed by atoms with Crippen molar-refractivity contribution >= 4 is 24.5 Å². The van der Waals surface area contributed by atoms with Crippen molar-refractivity contribution in [3.8, 4) is 28.7 Å². The zero-order chi connectivity index (χ0) is 20.2. The second-order valence-electron chi connectivity index (χ2n) is 8.27. The van der Waals surface area contributed by atoms with Crippen molar-refractivity contribution < 1.29 is 9.26 Å². The molecular weight excluding hydrogens is 386 g/mol. The summed E-state index contributed by atoms with van der Waals surface area (Å²) < 4.78 is 11.0. The third-order valence-corrected chi connectivity index (χ3v) is 6.75. The molecular formula is C19H21N7O2Si. The molecule has 1 fully saturated rings. The molecule has 0 atom stereocenters. The largest absolute Gasteiger partial charge is 0.480 e. The molecule has 4 aromatic heterocycles. The smallest absolute Gasteiger partial charge is 0.227 e. The number of fused-ring (bicyclic) bond motifs is 1. The Morgan fingerprint density at radius 2 is 2.00 bits per heavy atom. The lowest BCUT2D eigenvalue weighted by molar-refractivity contribution is 0.397. The van der Waals surface area contributed by atoms with Gasteiger partial charge in [0.05, 0.1) is 18.2 Å². The Morgan fingerprint density at radius 3 is 2.69 bits per heavy atom. The molecule has 148 valence electrons. The molecule has 4 heterocycles. The molecule has 1 N–H and O–H groups in total. The van der Waals surface area contributed by atoms with Gasteiger partial charge in [-0.3, -0.25) is 5.10 Å². The van der Waals surface area contributed by atoms with Crippen LogP contribution in [-0.2, 0) is 0 Å². The minimum Gasteiger partial charge on any atom is -0.480 e. The van der Waals surface area contributed by atoms with Gasteiger partial charge in [0.25, 0.3) is 0 Å². The normalized spacial score (nSPS) is 14.5. The molecule has 0 amide bonds. The maximum atomic E-state index is 5.56. The van der Waals surface area contributed by atoms with Gasteiger partial charge in [0.15, 0.2) is 11.5 Å². The molecule has 9 nitrogen and oxygen atoms in total. The monoisotopic (exact) mass is 407 g/mol. The molecule has 0 aliphatic heterocycles. The average Bonchev–Trinajstić information content (AvgIpc) is 3.27. The first-order valence-electron chi connectivity index (χ1n) is 9.53. The van der Waals surface area contributed by atoms with Crippen LogP contribution in [0, 0.1) is 0 Å². The molecule has 10 heteroatoms. The highest BCUT2D eigenvalue weighted by Gasteiger charge is 2.31. The molecule has 1 aliphatic carbocycles. The molecule has 4 aromatic rings. The van der Waals surface area contributed by atoms with Gasteiger partial charge in [0.2, 0.25) is 5.88 Å². The number of nitrogens with one attached hydrogen (secondary N) is 1. The van der Waals surface area contributed by atoms with Crippen LogP contribution < -0.4 is 10.1 Å². The number of rotatable bonds is 5. The van der Waals surface area contributed by atoms with E-state index in [2.05, 4.69) is 54.9 Å². The Hall–Kier alpha value is -3.14. The van der Waals surface area contributed by atoms with Crippen LogP contribution in [0.1, 0.15) is 24.5 Å².